The largest absolute Gasteiger partial charge is 0.378 e. The molecule has 0 N–H and O–H groups in total. The van der Waals surface area contributed by atoms with Gasteiger partial charge in [-0.2, -0.15) is 0 Å². The number of quaternary nitrogens is 1. The molecule has 0 amide bonds. The van der Waals surface area contributed by atoms with Gasteiger partial charge in [0.25, 0.3) is 0 Å². The molecule has 0 aromatic rings. The molecule has 0 aliphatic rings. The summed E-state index contributed by atoms with van der Waals surface area (Å²) >= 11 is 0. The normalized spacial score (nSPS) is 14.0. The summed E-state index contributed by atoms with van der Waals surface area (Å²) in [5, 5.41) is -0.592. The van der Waals surface area contributed by atoms with E-state index in [1.54, 1.807) is 0 Å². The molecule has 0 bridgehead atoms. The van der Waals surface area contributed by atoms with Crippen LogP contribution in [0.5, 0.6) is 0 Å². The van der Waals surface area contributed by atoms with E-state index in [-0.39, 0.29) is 0 Å². The molecule has 202 valence electrons. The summed E-state index contributed by atoms with van der Waals surface area (Å²) in [6.07, 6.45) is 32.6. The molecule has 0 aliphatic heterocycles. The van der Waals surface area contributed by atoms with E-state index < -0.39 is 13.0 Å². The average molecular weight is 499 g/mol. The first-order valence-corrected chi connectivity index (χ1v) is 16.1. The molecular formula is C30H61NO2P+. The lowest BCUT2D eigenvalue weighted by atomic mass is 9.99. The minimum atomic E-state index is -2.42. The van der Waals surface area contributed by atoms with E-state index in [1.165, 1.54) is 109 Å². The third-order valence-electron chi connectivity index (χ3n) is 7.58. The highest BCUT2D eigenvalue weighted by atomic mass is 31.1. The highest BCUT2D eigenvalue weighted by Gasteiger charge is 2.47. The van der Waals surface area contributed by atoms with Crippen molar-refractivity contribution in [3.63, 3.8) is 0 Å². The average Bonchev–Trinajstić information content (AvgIpc) is 2.78. The number of unbranched alkanes of at least 4 members (excludes halogenated alkanes) is 17. The first-order valence-electron chi connectivity index (χ1n) is 14.9. The molecular weight excluding hydrogens is 437 g/mol. The number of hydrogen-bond acceptors (Lipinski definition) is 2. The van der Waals surface area contributed by atoms with E-state index in [9.17, 15) is 9.13 Å². The van der Waals surface area contributed by atoms with Crippen LogP contribution in [0.25, 0.3) is 0 Å². The fourth-order valence-corrected chi connectivity index (χ4v) is 6.40. The van der Waals surface area contributed by atoms with Gasteiger partial charge in [-0.1, -0.05) is 116 Å². The maximum atomic E-state index is 12.1. The standard InChI is InChI=1S/C30H61NO2P/c1-6-8-9-10-11-12-13-14-15-16-17-18-19-20-21-22-23-24-25-26-27-29-30(28-7-2,34(32)33)31(3,4)5/h17-18H,6-16,19-29H2,1-5H3/q+1. The minimum Gasteiger partial charge on any atom is -0.314 e. The molecule has 0 radical (unpaired) electrons. The first kappa shape index (κ1) is 33.6. The molecule has 1 unspecified atom stereocenters. The molecule has 3 nitrogen and oxygen atoms in total. The van der Waals surface area contributed by atoms with Crippen LogP contribution in [0.4, 0.5) is 0 Å². The van der Waals surface area contributed by atoms with Crippen molar-refractivity contribution < 1.29 is 13.6 Å². The van der Waals surface area contributed by atoms with Crippen molar-refractivity contribution >= 4 is 7.68 Å². The van der Waals surface area contributed by atoms with Gasteiger partial charge in [0, 0.05) is 12.8 Å². The molecule has 0 spiro atoms. The second kappa shape index (κ2) is 21.8. The SMILES string of the molecule is CCCCCCCCCCCC=CCCCCCCCCCCC(CCC)(P(=O)=O)[N+](C)(C)C. The summed E-state index contributed by atoms with van der Waals surface area (Å²) < 4.78 is 24.8. The van der Waals surface area contributed by atoms with Crippen molar-refractivity contribution in [2.75, 3.05) is 21.1 Å². The van der Waals surface area contributed by atoms with Crippen LogP contribution >= 0.6 is 7.68 Å². The van der Waals surface area contributed by atoms with Gasteiger partial charge in [-0.25, -0.2) is 9.13 Å². The Kier molecular flexibility index (Phi) is 21.6. The molecule has 0 saturated carbocycles. The Morgan fingerprint density at radius 1 is 0.529 bits per heavy atom. The van der Waals surface area contributed by atoms with E-state index in [1.807, 2.05) is 21.1 Å². The van der Waals surface area contributed by atoms with Crippen LogP contribution in [0.1, 0.15) is 155 Å². The van der Waals surface area contributed by atoms with Gasteiger partial charge in [0.1, 0.15) is 0 Å². The van der Waals surface area contributed by atoms with Crippen LogP contribution < -0.4 is 0 Å². The summed E-state index contributed by atoms with van der Waals surface area (Å²) in [4.78, 5) is 0. The van der Waals surface area contributed by atoms with E-state index in [4.69, 9.17) is 0 Å². The van der Waals surface area contributed by atoms with Crippen LogP contribution in [-0.4, -0.2) is 30.9 Å². The molecule has 0 aliphatic carbocycles. The zero-order chi connectivity index (χ0) is 25.5. The quantitative estimate of drug-likeness (QED) is 0.0543. The van der Waals surface area contributed by atoms with Crippen molar-refractivity contribution in [1.82, 2.24) is 0 Å². The molecule has 0 fully saturated rings. The Labute approximate surface area is 215 Å². The first-order chi connectivity index (χ1) is 16.3. The van der Waals surface area contributed by atoms with Crippen molar-refractivity contribution in [3.8, 4) is 0 Å². The topological polar surface area (TPSA) is 34.1 Å². The number of rotatable bonds is 25. The van der Waals surface area contributed by atoms with Gasteiger partial charge in [-0.3, -0.25) is 0 Å². The molecule has 34 heavy (non-hydrogen) atoms. The maximum Gasteiger partial charge on any atom is 0.378 e. The second-order valence-electron chi connectivity index (χ2n) is 11.5. The molecule has 0 rings (SSSR count). The van der Waals surface area contributed by atoms with E-state index in [2.05, 4.69) is 26.0 Å². The lowest BCUT2D eigenvalue weighted by Crippen LogP contribution is -2.53. The van der Waals surface area contributed by atoms with Crippen molar-refractivity contribution in [2.45, 2.75) is 160 Å². The van der Waals surface area contributed by atoms with Crippen molar-refractivity contribution in [3.05, 3.63) is 12.2 Å². The Morgan fingerprint density at radius 2 is 0.912 bits per heavy atom. The smallest absolute Gasteiger partial charge is 0.314 e. The summed E-state index contributed by atoms with van der Waals surface area (Å²) in [7, 11) is 3.68. The number of hydrogen-bond donors (Lipinski definition) is 0. The van der Waals surface area contributed by atoms with Gasteiger partial charge >= 0.3 is 7.68 Å². The highest BCUT2D eigenvalue weighted by molar-refractivity contribution is 7.32. The monoisotopic (exact) mass is 498 g/mol. The molecule has 1 atom stereocenters. The van der Waals surface area contributed by atoms with Gasteiger partial charge in [0.2, 0.25) is 5.28 Å². The lowest BCUT2D eigenvalue weighted by Gasteiger charge is -2.41. The third-order valence-corrected chi connectivity index (χ3v) is 9.30. The number of allylic oxidation sites excluding steroid dienone is 2. The van der Waals surface area contributed by atoms with Crippen molar-refractivity contribution in [1.29, 1.82) is 0 Å². The van der Waals surface area contributed by atoms with E-state index in [0.717, 1.165) is 32.1 Å². The molecule has 0 heterocycles. The molecule has 0 saturated heterocycles. The van der Waals surface area contributed by atoms with E-state index >= 15 is 0 Å². The lowest BCUT2D eigenvalue weighted by molar-refractivity contribution is -0.908. The summed E-state index contributed by atoms with van der Waals surface area (Å²) in [5.41, 5.74) is 0. The van der Waals surface area contributed by atoms with Crippen LogP contribution in [0.3, 0.4) is 0 Å². The van der Waals surface area contributed by atoms with Crippen LogP contribution in [0.15, 0.2) is 12.2 Å². The predicted molar refractivity (Wildman–Crippen MR) is 151 cm³/mol. The van der Waals surface area contributed by atoms with Gasteiger partial charge < -0.3 is 4.48 Å². The minimum absolute atomic E-state index is 0.521. The fraction of sp³-hybridized carbons (Fsp3) is 0.933. The Balaban J connectivity index is 3.58. The molecule has 0 aromatic carbocycles. The third kappa shape index (κ3) is 16.3. The zero-order valence-electron chi connectivity index (χ0n) is 23.9. The van der Waals surface area contributed by atoms with Crippen LogP contribution in [0, 0.1) is 0 Å². The Hall–Kier alpha value is -0.400. The second-order valence-corrected chi connectivity index (χ2v) is 12.8. The summed E-state index contributed by atoms with van der Waals surface area (Å²) in [5.74, 6) is 0. The van der Waals surface area contributed by atoms with Crippen LogP contribution in [0.2, 0.25) is 0 Å². The molecule has 4 heteroatoms. The van der Waals surface area contributed by atoms with Crippen molar-refractivity contribution in [2.24, 2.45) is 0 Å². The fourth-order valence-electron chi connectivity index (χ4n) is 5.16. The predicted octanol–water partition coefficient (Wildman–Crippen LogP) is 10.7. The van der Waals surface area contributed by atoms with Gasteiger partial charge in [0.15, 0.2) is 0 Å². The maximum absolute atomic E-state index is 12.1. The molecule has 0 aromatic heterocycles. The Morgan fingerprint density at radius 3 is 1.26 bits per heavy atom. The van der Waals surface area contributed by atoms with Crippen LogP contribution in [-0.2, 0) is 9.13 Å². The summed E-state index contributed by atoms with van der Waals surface area (Å²) in [6, 6.07) is 0. The zero-order valence-corrected chi connectivity index (χ0v) is 24.8. The van der Waals surface area contributed by atoms with E-state index in [0.29, 0.717) is 4.48 Å². The Bertz CT molecular complexity index is 542. The number of nitrogens with zero attached hydrogens (tertiary/aromatic N) is 1. The summed E-state index contributed by atoms with van der Waals surface area (Å²) in [6.45, 7) is 4.38. The van der Waals surface area contributed by atoms with Gasteiger partial charge in [0.05, 0.1) is 21.1 Å². The van der Waals surface area contributed by atoms with Gasteiger partial charge in [-0.15, -0.1) is 0 Å². The van der Waals surface area contributed by atoms with Gasteiger partial charge in [-0.05, 0) is 38.5 Å². The highest BCUT2D eigenvalue weighted by Crippen LogP contribution is 2.44.